The van der Waals surface area contributed by atoms with Gasteiger partial charge in [0.05, 0.1) is 11.6 Å². The highest BCUT2D eigenvalue weighted by Crippen LogP contribution is 2.15. The molecule has 0 aliphatic carbocycles. The van der Waals surface area contributed by atoms with E-state index in [0.717, 1.165) is 0 Å². The first-order chi connectivity index (χ1) is 9.49. The Balaban J connectivity index is 2.26. The second kappa shape index (κ2) is 5.49. The van der Waals surface area contributed by atoms with E-state index >= 15 is 0 Å². The number of anilines is 1. The predicted molar refractivity (Wildman–Crippen MR) is 72.8 cm³/mol. The molecule has 0 saturated carbocycles. The highest BCUT2D eigenvalue weighted by molar-refractivity contribution is 6.03. The number of pyridine rings is 1. The Morgan fingerprint density at radius 1 is 1.30 bits per heavy atom. The molecule has 0 aliphatic heterocycles. The van der Waals surface area contributed by atoms with Crippen LogP contribution in [0.15, 0.2) is 30.3 Å². The highest BCUT2D eigenvalue weighted by atomic mass is 19.1. The number of aromatic nitrogens is 1. The smallest absolute Gasteiger partial charge is 0.274 e. The molecule has 1 heterocycles. The predicted octanol–water partition coefficient (Wildman–Crippen LogP) is 2.96. The van der Waals surface area contributed by atoms with Gasteiger partial charge in [0.1, 0.15) is 11.5 Å². The summed E-state index contributed by atoms with van der Waals surface area (Å²) in [6.07, 6.45) is 0. The van der Waals surface area contributed by atoms with E-state index in [0.29, 0.717) is 22.5 Å². The lowest BCUT2D eigenvalue weighted by Crippen LogP contribution is -2.14. The van der Waals surface area contributed by atoms with Gasteiger partial charge < -0.3 is 5.32 Å². The zero-order valence-corrected chi connectivity index (χ0v) is 11.1. The molecule has 1 aromatic carbocycles. The molecule has 0 unspecified atom stereocenters. The Labute approximate surface area is 115 Å². The summed E-state index contributed by atoms with van der Waals surface area (Å²) in [5.41, 5.74) is 2.04. The number of nitrogens with one attached hydrogen (secondary N) is 1. The van der Waals surface area contributed by atoms with E-state index in [4.69, 9.17) is 5.26 Å². The first kappa shape index (κ1) is 13.7. The van der Waals surface area contributed by atoms with Crippen molar-refractivity contribution in [1.82, 2.24) is 4.98 Å². The summed E-state index contributed by atoms with van der Waals surface area (Å²) < 4.78 is 13.1. The quantitative estimate of drug-likeness (QED) is 0.911. The molecule has 0 atom stereocenters. The number of benzene rings is 1. The fraction of sp³-hybridized carbons (Fsp3) is 0.133. The summed E-state index contributed by atoms with van der Waals surface area (Å²) in [5, 5.41) is 11.5. The molecule has 4 nitrogen and oxygen atoms in total. The molecule has 5 heteroatoms. The Morgan fingerprint density at radius 3 is 2.70 bits per heavy atom. The van der Waals surface area contributed by atoms with E-state index in [2.05, 4.69) is 10.3 Å². The number of rotatable bonds is 2. The molecule has 0 saturated heterocycles. The zero-order valence-electron chi connectivity index (χ0n) is 11.1. The van der Waals surface area contributed by atoms with E-state index in [9.17, 15) is 9.18 Å². The summed E-state index contributed by atoms with van der Waals surface area (Å²) in [7, 11) is 0. The normalized spacial score (nSPS) is 9.90. The molecule has 0 bridgehead atoms. The van der Waals surface area contributed by atoms with E-state index in [1.54, 1.807) is 19.9 Å². The SMILES string of the molecule is Cc1cc(C#N)cc(C(=O)Nc2ccc(F)c(C)c2)n1. The largest absolute Gasteiger partial charge is 0.321 e. The maximum atomic E-state index is 13.1. The van der Waals surface area contributed by atoms with Gasteiger partial charge in [0.25, 0.3) is 5.91 Å². The summed E-state index contributed by atoms with van der Waals surface area (Å²) in [4.78, 5) is 16.1. The van der Waals surface area contributed by atoms with Gasteiger partial charge in [-0.05, 0) is 49.7 Å². The van der Waals surface area contributed by atoms with Crippen molar-refractivity contribution in [1.29, 1.82) is 5.26 Å². The van der Waals surface area contributed by atoms with Crippen molar-refractivity contribution >= 4 is 11.6 Å². The third-order valence-electron chi connectivity index (χ3n) is 2.73. The fourth-order valence-electron chi connectivity index (χ4n) is 1.77. The molecule has 100 valence electrons. The molecule has 1 N–H and O–H groups in total. The molecule has 2 rings (SSSR count). The fourth-order valence-corrected chi connectivity index (χ4v) is 1.77. The van der Waals surface area contributed by atoms with Crippen molar-refractivity contribution in [2.24, 2.45) is 0 Å². The zero-order chi connectivity index (χ0) is 14.7. The van der Waals surface area contributed by atoms with Crippen LogP contribution >= 0.6 is 0 Å². The average molecular weight is 269 g/mol. The van der Waals surface area contributed by atoms with Crippen LogP contribution in [0.2, 0.25) is 0 Å². The molecule has 20 heavy (non-hydrogen) atoms. The summed E-state index contributed by atoms with van der Waals surface area (Å²) in [5.74, 6) is -0.764. The lowest BCUT2D eigenvalue weighted by Gasteiger charge is -2.07. The Hall–Kier alpha value is -2.74. The van der Waals surface area contributed by atoms with E-state index in [-0.39, 0.29) is 11.5 Å². The van der Waals surface area contributed by atoms with Gasteiger partial charge in [0.15, 0.2) is 0 Å². The summed E-state index contributed by atoms with van der Waals surface area (Å²) in [6, 6.07) is 9.28. The number of aryl methyl sites for hydroxylation is 2. The molecule has 0 fully saturated rings. The highest BCUT2D eigenvalue weighted by Gasteiger charge is 2.10. The van der Waals surface area contributed by atoms with Crippen LogP contribution < -0.4 is 5.32 Å². The number of carbonyl (C=O) groups is 1. The molecule has 0 aliphatic rings. The van der Waals surface area contributed by atoms with Crippen molar-refractivity contribution in [3.8, 4) is 6.07 Å². The van der Waals surface area contributed by atoms with Gasteiger partial charge in [0, 0.05) is 11.4 Å². The molecule has 0 radical (unpaired) electrons. The number of nitriles is 1. The Bertz CT molecular complexity index is 720. The molecule has 1 amide bonds. The van der Waals surface area contributed by atoms with E-state index < -0.39 is 5.91 Å². The van der Waals surface area contributed by atoms with Crippen LogP contribution in [0.5, 0.6) is 0 Å². The maximum Gasteiger partial charge on any atom is 0.274 e. The standard InChI is InChI=1S/C15H12FN3O/c1-9-5-12(3-4-13(9)16)19-15(20)14-7-11(8-17)6-10(2)18-14/h3-7H,1-2H3,(H,19,20). The number of hydrogen-bond acceptors (Lipinski definition) is 3. The van der Waals surface area contributed by atoms with Gasteiger partial charge >= 0.3 is 0 Å². The van der Waals surface area contributed by atoms with Crippen LogP contribution in [0.3, 0.4) is 0 Å². The van der Waals surface area contributed by atoms with E-state index in [1.807, 2.05) is 6.07 Å². The minimum absolute atomic E-state index is 0.156. The van der Waals surface area contributed by atoms with Crippen LogP contribution in [0, 0.1) is 31.0 Å². The van der Waals surface area contributed by atoms with Crippen molar-refractivity contribution in [3.63, 3.8) is 0 Å². The first-order valence-electron chi connectivity index (χ1n) is 5.96. The summed E-state index contributed by atoms with van der Waals surface area (Å²) >= 11 is 0. The maximum absolute atomic E-state index is 13.1. The lowest BCUT2D eigenvalue weighted by atomic mass is 10.2. The molecule has 1 aromatic heterocycles. The van der Waals surface area contributed by atoms with Gasteiger partial charge in [-0.25, -0.2) is 9.37 Å². The minimum Gasteiger partial charge on any atom is -0.321 e. The van der Waals surface area contributed by atoms with Crippen molar-refractivity contribution in [2.75, 3.05) is 5.32 Å². The Kier molecular flexibility index (Phi) is 3.76. The number of hydrogen-bond donors (Lipinski definition) is 1. The van der Waals surface area contributed by atoms with Crippen LogP contribution in [-0.2, 0) is 0 Å². The third kappa shape index (κ3) is 2.98. The number of amides is 1. The van der Waals surface area contributed by atoms with Gasteiger partial charge in [-0.2, -0.15) is 5.26 Å². The molecular formula is C15H12FN3O. The van der Waals surface area contributed by atoms with Gasteiger partial charge in [-0.15, -0.1) is 0 Å². The van der Waals surface area contributed by atoms with Crippen molar-refractivity contribution < 1.29 is 9.18 Å². The minimum atomic E-state index is -0.434. The topological polar surface area (TPSA) is 65.8 Å². The van der Waals surface area contributed by atoms with Crippen molar-refractivity contribution in [3.05, 3.63) is 58.7 Å². The Morgan fingerprint density at radius 2 is 2.05 bits per heavy atom. The molecular weight excluding hydrogens is 257 g/mol. The molecule has 0 spiro atoms. The van der Waals surface area contributed by atoms with Crippen LogP contribution in [-0.4, -0.2) is 10.9 Å². The number of halogens is 1. The van der Waals surface area contributed by atoms with Gasteiger partial charge in [-0.1, -0.05) is 0 Å². The van der Waals surface area contributed by atoms with E-state index in [1.165, 1.54) is 24.3 Å². The third-order valence-corrected chi connectivity index (χ3v) is 2.73. The second-order valence-electron chi connectivity index (χ2n) is 4.41. The summed E-state index contributed by atoms with van der Waals surface area (Å²) in [6.45, 7) is 3.32. The average Bonchev–Trinajstić information content (AvgIpc) is 2.42. The number of nitrogens with zero attached hydrogens (tertiary/aromatic N) is 2. The van der Waals surface area contributed by atoms with Crippen molar-refractivity contribution in [2.45, 2.75) is 13.8 Å². The van der Waals surface area contributed by atoms with Crippen LogP contribution in [0.1, 0.15) is 27.3 Å². The monoisotopic (exact) mass is 269 g/mol. The van der Waals surface area contributed by atoms with Gasteiger partial charge in [0.2, 0.25) is 0 Å². The number of carbonyl (C=O) groups excluding carboxylic acids is 1. The van der Waals surface area contributed by atoms with Gasteiger partial charge in [-0.3, -0.25) is 4.79 Å². The lowest BCUT2D eigenvalue weighted by molar-refractivity contribution is 0.102. The second-order valence-corrected chi connectivity index (χ2v) is 4.41. The van der Waals surface area contributed by atoms with Crippen LogP contribution in [0.25, 0.3) is 0 Å². The first-order valence-corrected chi connectivity index (χ1v) is 5.96. The molecule has 2 aromatic rings. The van der Waals surface area contributed by atoms with Crippen LogP contribution in [0.4, 0.5) is 10.1 Å².